The van der Waals surface area contributed by atoms with Gasteiger partial charge in [0, 0.05) is 25.2 Å². The first-order chi connectivity index (χ1) is 16.2. The zero-order valence-corrected chi connectivity index (χ0v) is 19.5. The fourth-order valence-electron chi connectivity index (χ4n) is 4.97. The van der Waals surface area contributed by atoms with Crippen molar-refractivity contribution in [3.05, 3.63) is 65.7 Å². The fourth-order valence-corrected chi connectivity index (χ4v) is 4.97. The molecular weight excluding hydrogens is 414 g/mol. The van der Waals surface area contributed by atoms with E-state index in [4.69, 9.17) is 4.74 Å². The number of hydrogen-bond donors (Lipinski definition) is 1. The second-order valence-electron chi connectivity index (χ2n) is 9.16. The second-order valence-corrected chi connectivity index (χ2v) is 9.16. The summed E-state index contributed by atoms with van der Waals surface area (Å²) in [7, 11) is 1.65. The molecule has 1 heterocycles. The molecule has 6 nitrogen and oxygen atoms in total. The summed E-state index contributed by atoms with van der Waals surface area (Å²) in [6.07, 6.45) is 7.70. The first-order valence-corrected chi connectivity index (χ1v) is 12.2. The summed E-state index contributed by atoms with van der Waals surface area (Å²) in [4.78, 5) is 26.9. The monoisotopic (exact) mass is 449 g/mol. The average Bonchev–Trinajstić information content (AvgIpc) is 2.88. The quantitative estimate of drug-likeness (QED) is 0.680. The molecular formula is C27H35N3O3. The normalized spacial score (nSPS) is 19.8. The van der Waals surface area contributed by atoms with Crippen molar-refractivity contribution in [1.29, 1.82) is 0 Å². The van der Waals surface area contributed by atoms with Crippen LogP contribution in [0.1, 0.15) is 60.9 Å². The van der Waals surface area contributed by atoms with E-state index in [1.807, 2.05) is 59.6 Å². The minimum Gasteiger partial charge on any atom is -0.497 e. The Morgan fingerprint density at radius 2 is 1.67 bits per heavy atom. The molecule has 0 spiro atoms. The maximum atomic E-state index is 13.6. The van der Waals surface area contributed by atoms with E-state index in [0.717, 1.165) is 24.3 Å². The SMILES string of the molecule is COc1ccc(CN2CCCC(C(=O)NCC3CCCCC3)N2C(=O)c2ccccc2)cc1. The minimum absolute atomic E-state index is 0.0377. The number of rotatable bonds is 7. The molecule has 2 amide bonds. The van der Waals surface area contributed by atoms with Crippen LogP contribution < -0.4 is 10.1 Å². The Morgan fingerprint density at radius 1 is 0.939 bits per heavy atom. The lowest BCUT2D eigenvalue weighted by Crippen LogP contribution is -2.60. The Balaban J connectivity index is 1.52. The lowest BCUT2D eigenvalue weighted by molar-refractivity contribution is -0.138. The molecule has 1 saturated heterocycles. The lowest BCUT2D eigenvalue weighted by atomic mass is 9.89. The summed E-state index contributed by atoms with van der Waals surface area (Å²) in [6, 6.07) is 16.6. The predicted octanol–water partition coefficient (Wildman–Crippen LogP) is 4.41. The summed E-state index contributed by atoms with van der Waals surface area (Å²) in [5.74, 6) is 1.19. The number of methoxy groups -OCH3 is 1. The number of carbonyl (C=O) groups is 2. The lowest BCUT2D eigenvalue weighted by Gasteiger charge is -2.43. The third kappa shape index (κ3) is 5.93. The van der Waals surface area contributed by atoms with Crippen LogP contribution in [0.15, 0.2) is 54.6 Å². The van der Waals surface area contributed by atoms with Crippen molar-refractivity contribution in [1.82, 2.24) is 15.3 Å². The maximum absolute atomic E-state index is 13.6. The van der Waals surface area contributed by atoms with Gasteiger partial charge in [0.05, 0.1) is 7.11 Å². The van der Waals surface area contributed by atoms with Gasteiger partial charge in [0.15, 0.2) is 0 Å². The van der Waals surface area contributed by atoms with Crippen molar-refractivity contribution in [2.45, 2.75) is 57.5 Å². The summed E-state index contributed by atoms with van der Waals surface area (Å²) >= 11 is 0. The van der Waals surface area contributed by atoms with Crippen LogP contribution in [0.2, 0.25) is 0 Å². The molecule has 4 rings (SSSR count). The van der Waals surface area contributed by atoms with Gasteiger partial charge >= 0.3 is 0 Å². The van der Waals surface area contributed by atoms with Crippen LogP contribution in [-0.2, 0) is 11.3 Å². The van der Waals surface area contributed by atoms with Crippen molar-refractivity contribution < 1.29 is 14.3 Å². The largest absolute Gasteiger partial charge is 0.497 e. The standard InChI is InChI=1S/C27H35N3O3/c1-33-24-16-14-22(15-17-24)20-29-18-8-13-25(26(31)28-19-21-9-4-2-5-10-21)30(29)27(32)23-11-6-3-7-12-23/h3,6-7,11-12,14-17,21,25H,2,4-5,8-10,13,18-20H2,1H3,(H,28,31). The van der Waals surface area contributed by atoms with Gasteiger partial charge in [-0.1, -0.05) is 49.6 Å². The molecule has 2 fully saturated rings. The Labute approximate surface area is 196 Å². The van der Waals surface area contributed by atoms with Crippen LogP contribution in [0.25, 0.3) is 0 Å². The van der Waals surface area contributed by atoms with Gasteiger partial charge in [0.25, 0.3) is 5.91 Å². The third-order valence-electron chi connectivity index (χ3n) is 6.84. The molecule has 0 aromatic heterocycles. The fraction of sp³-hybridized carbons (Fsp3) is 0.481. The van der Waals surface area contributed by atoms with Crippen LogP contribution in [0, 0.1) is 5.92 Å². The van der Waals surface area contributed by atoms with Crippen LogP contribution in [-0.4, -0.2) is 48.1 Å². The van der Waals surface area contributed by atoms with Crippen molar-refractivity contribution in [3.8, 4) is 5.75 Å². The van der Waals surface area contributed by atoms with E-state index in [1.54, 1.807) is 12.1 Å². The smallest absolute Gasteiger partial charge is 0.268 e. The van der Waals surface area contributed by atoms with E-state index in [-0.39, 0.29) is 11.8 Å². The number of ether oxygens (including phenoxy) is 1. The molecule has 2 aliphatic rings. The van der Waals surface area contributed by atoms with Crippen molar-refractivity contribution in [2.75, 3.05) is 20.2 Å². The van der Waals surface area contributed by atoms with Gasteiger partial charge in [-0.05, 0) is 61.4 Å². The van der Waals surface area contributed by atoms with E-state index < -0.39 is 6.04 Å². The van der Waals surface area contributed by atoms with Gasteiger partial charge < -0.3 is 10.1 Å². The number of amides is 2. The molecule has 2 aromatic carbocycles. The average molecular weight is 450 g/mol. The van der Waals surface area contributed by atoms with Crippen LogP contribution in [0.4, 0.5) is 0 Å². The molecule has 6 heteroatoms. The molecule has 1 unspecified atom stereocenters. The molecule has 0 radical (unpaired) electrons. The van der Waals surface area contributed by atoms with Gasteiger partial charge in [-0.25, -0.2) is 5.01 Å². The van der Waals surface area contributed by atoms with Crippen molar-refractivity contribution in [3.63, 3.8) is 0 Å². The number of nitrogens with zero attached hydrogens (tertiary/aromatic N) is 2. The summed E-state index contributed by atoms with van der Waals surface area (Å²) < 4.78 is 5.27. The van der Waals surface area contributed by atoms with E-state index in [0.29, 0.717) is 31.0 Å². The van der Waals surface area contributed by atoms with Crippen LogP contribution >= 0.6 is 0 Å². The highest BCUT2D eigenvalue weighted by molar-refractivity contribution is 5.97. The second kappa shape index (κ2) is 11.3. The molecule has 176 valence electrons. The van der Waals surface area contributed by atoms with Crippen LogP contribution in [0.3, 0.4) is 0 Å². The maximum Gasteiger partial charge on any atom is 0.268 e. The summed E-state index contributed by atoms with van der Waals surface area (Å²) in [5, 5.41) is 6.92. The Kier molecular flexibility index (Phi) is 8.00. The van der Waals surface area contributed by atoms with E-state index in [2.05, 4.69) is 5.32 Å². The molecule has 1 atom stereocenters. The highest BCUT2D eigenvalue weighted by Gasteiger charge is 2.37. The van der Waals surface area contributed by atoms with Gasteiger partial charge in [-0.2, -0.15) is 0 Å². The zero-order valence-electron chi connectivity index (χ0n) is 19.5. The molecule has 1 aliphatic heterocycles. The molecule has 1 aliphatic carbocycles. The predicted molar refractivity (Wildman–Crippen MR) is 129 cm³/mol. The zero-order chi connectivity index (χ0) is 23.0. The summed E-state index contributed by atoms with van der Waals surface area (Å²) in [5.41, 5.74) is 1.68. The van der Waals surface area contributed by atoms with E-state index in [1.165, 1.54) is 32.1 Å². The van der Waals surface area contributed by atoms with Crippen molar-refractivity contribution in [2.24, 2.45) is 5.92 Å². The molecule has 1 N–H and O–H groups in total. The van der Waals surface area contributed by atoms with Crippen molar-refractivity contribution >= 4 is 11.8 Å². The Morgan fingerprint density at radius 3 is 2.36 bits per heavy atom. The number of hydrogen-bond acceptors (Lipinski definition) is 4. The number of nitrogens with one attached hydrogen (secondary N) is 1. The van der Waals surface area contributed by atoms with Gasteiger partial charge in [-0.15, -0.1) is 0 Å². The minimum atomic E-state index is -0.492. The first-order valence-electron chi connectivity index (χ1n) is 12.2. The Bertz CT molecular complexity index is 910. The van der Waals surface area contributed by atoms with Gasteiger partial charge in [0.2, 0.25) is 5.91 Å². The van der Waals surface area contributed by atoms with E-state index in [9.17, 15) is 9.59 Å². The highest BCUT2D eigenvalue weighted by Crippen LogP contribution is 2.26. The number of hydrazine groups is 1. The van der Waals surface area contributed by atoms with Gasteiger partial charge in [-0.3, -0.25) is 14.6 Å². The number of benzene rings is 2. The third-order valence-corrected chi connectivity index (χ3v) is 6.84. The molecule has 33 heavy (non-hydrogen) atoms. The topological polar surface area (TPSA) is 61.9 Å². The molecule has 0 bridgehead atoms. The van der Waals surface area contributed by atoms with Crippen LogP contribution in [0.5, 0.6) is 5.75 Å². The molecule has 1 saturated carbocycles. The van der Waals surface area contributed by atoms with Gasteiger partial charge in [0.1, 0.15) is 11.8 Å². The highest BCUT2D eigenvalue weighted by atomic mass is 16.5. The molecule has 2 aromatic rings. The number of carbonyl (C=O) groups excluding carboxylic acids is 2. The van der Waals surface area contributed by atoms with E-state index >= 15 is 0 Å². The Hall–Kier alpha value is -2.86. The summed E-state index contributed by atoms with van der Waals surface area (Å²) in [6.45, 7) is 2.01. The first kappa shape index (κ1) is 23.3.